The van der Waals surface area contributed by atoms with Gasteiger partial charge in [-0.05, 0) is 69.0 Å². The van der Waals surface area contributed by atoms with Crippen LogP contribution in [0.15, 0.2) is 59.9 Å². The molecule has 1 saturated heterocycles. The van der Waals surface area contributed by atoms with Crippen LogP contribution in [0.5, 0.6) is 0 Å². The fourth-order valence-electron chi connectivity index (χ4n) is 4.93. The summed E-state index contributed by atoms with van der Waals surface area (Å²) in [6, 6.07) is 12.9. The number of aromatic nitrogens is 3. The van der Waals surface area contributed by atoms with Crippen molar-refractivity contribution in [2.24, 2.45) is 13.0 Å². The summed E-state index contributed by atoms with van der Waals surface area (Å²) < 4.78 is 15.4. The summed E-state index contributed by atoms with van der Waals surface area (Å²) in [5, 5.41) is 5.37. The minimum atomic E-state index is -0.208. The first-order valence-electron chi connectivity index (χ1n) is 12.1. The first-order chi connectivity index (χ1) is 16.9. The molecule has 0 radical (unpaired) electrons. The van der Waals surface area contributed by atoms with E-state index in [1.165, 1.54) is 29.5 Å². The number of hydrogen-bond donors (Lipinski definition) is 0. The minimum absolute atomic E-state index is 0.175. The van der Waals surface area contributed by atoms with Crippen LogP contribution in [-0.4, -0.2) is 62.4 Å². The number of piperidine rings is 1. The maximum absolute atomic E-state index is 13.5. The van der Waals surface area contributed by atoms with Crippen molar-refractivity contribution >= 4 is 17.7 Å². The predicted octanol–water partition coefficient (Wildman–Crippen LogP) is 4.34. The van der Waals surface area contributed by atoms with Crippen molar-refractivity contribution in [3.8, 4) is 0 Å². The molecule has 4 rings (SSSR count). The van der Waals surface area contributed by atoms with Gasteiger partial charge in [0.05, 0.1) is 16.5 Å². The van der Waals surface area contributed by atoms with Crippen molar-refractivity contribution in [1.29, 1.82) is 0 Å². The summed E-state index contributed by atoms with van der Waals surface area (Å²) in [5.74, 6) is 0.837. The van der Waals surface area contributed by atoms with E-state index in [0.717, 1.165) is 55.2 Å². The molecule has 35 heavy (non-hydrogen) atoms. The van der Waals surface area contributed by atoms with E-state index in [1.807, 2.05) is 53.9 Å². The van der Waals surface area contributed by atoms with E-state index in [0.29, 0.717) is 17.7 Å². The van der Waals surface area contributed by atoms with Crippen LogP contribution in [-0.2, 0) is 24.8 Å². The number of likely N-dealkylation sites (N-methyl/N-ethyl adjacent to an activating group) is 1. The molecule has 1 amide bonds. The maximum atomic E-state index is 13.5. The van der Waals surface area contributed by atoms with E-state index in [-0.39, 0.29) is 11.7 Å². The molecule has 6 nitrogen and oxygen atoms in total. The lowest BCUT2D eigenvalue weighted by Crippen LogP contribution is -2.47. The third-order valence-electron chi connectivity index (χ3n) is 6.88. The third-order valence-corrected chi connectivity index (χ3v) is 7.81. The van der Waals surface area contributed by atoms with Crippen LogP contribution in [0.2, 0.25) is 0 Å². The van der Waals surface area contributed by atoms with Gasteiger partial charge in [0.15, 0.2) is 0 Å². The molecular formula is C27H34FN5OS. The number of nitrogens with zero attached hydrogens (tertiary/aromatic N) is 5. The van der Waals surface area contributed by atoms with E-state index >= 15 is 0 Å². The monoisotopic (exact) mass is 495 g/mol. The molecule has 1 unspecified atom stereocenters. The van der Waals surface area contributed by atoms with Crippen LogP contribution >= 0.6 is 11.8 Å². The van der Waals surface area contributed by atoms with Crippen LogP contribution in [0.25, 0.3) is 0 Å². The highest BCUT2D eigenvalue weighted by atomic mass is 32.2. The molecule has 1 aliphatic heterocycles. The van der Waals surface area contributed by atoms with Crippen molar-refractivity contribution in [2.75, 3.05) is 25.9 Å². The first kappa shape index (κ1) is 25.4. The van der Waals surface area contributed by atoms with Gasteiger partial charge in [-0.2, -0.15) is 5.10 Å². The molecule has 0 bridgehead atoms. The number of hydrogen-bond acceptors (Lipinski definition) is 5. The number of thioether (sulfide) groups is 1. The Hall–Kier alpha value is -2.71. The Labute approximate surface area is 211 Å². The van der Waals surface area contributed by atoms with Gasteiger partial charge in [0.1, 0.15) is 5.82 Å². The normalized spacial score (nSPS) is 15.5. The van der Waals surface area contributed by atoms with Crippen molar-refractivity contribution in [3.63, 3.8) is 0 Å². The van der Waals surface area contributed by atoms with Gasteiger partial charge in [-0.3, -0.25) is 14.4 Å². The van der Waals surface area contributed by atoms with E-state index < -0.39 is 0 Å². The fourth-order valence-corrected chi connectivity index (χ4v) is 5.69. The largest absolute Gasteiger partial charge is 0.342 e. The molecule has 0 saturated carbocycles. The van der Waals surface area contributed by atoms with E-state index in [9.17, 15) is 9.18 Å². The second kappa shape index (κ2) is 11.8. The third kappa shape index (κ3) is 6.92. The molecular weight excluding hydrogens is 461 g/mol. The average molecular weight is 496 g/mol. The Balaban J connectivity index is 1.39. The molecule has 1 aliphatic rings. The van der Waals surface area contributed by atoms with Crippen molar-refractivity contribution in [3.05, 3.63) is 77.5 Å². The Morgan fingerprint density at radius 2 is 1.94 bits per heavy atom. The Bertz CT molecular complexity index is 1100. The van der Waals surface area contributed by atoms with Crippen molar-refractivity contribution in [2.45, 2.75) is 43.8 Å². The number of carbonyl (C=O) groups is 1. The summed E-state index contributed by atoms with van der Waals surface area (Å²) in [6.45, 7) is 4.40. The maximum Gasteiger partial charge on any atom is 0.232 e. The molecule has 3 aromatic rings. The van der Waals surface area contributed by atoms with E-state index in [2.05, 4.69) is 28.2 Å². The van der Waals surface area contributed by atoms with Gasteiger partial charge in [0, 0.05) is 50.7 Å². The topological polar surface area (TPSA) is 54.3 Å². The second-order valence-corrected chi connectivity index (χ2v) is 10.4. The molecule has 1 atom stereocenters. The lowest BCUT2D eigenvalue weighted by molar-refractivity contribution is -0.130. The van der Waals surface area contributed by atoms with E-state index in [4.69, 9.17) is 0 Å². The van der Waals surface area contributed by atoms with Crippen LogP contribution in [0.3, 0.4) is 0 Å². The SMILES string of the molecule is Cc1nn(C)cc1CN(C)C(Cc1ccc(F)cc1)C1CCN(C(=O)CSc2ccccn2)CC1. The van der Waals surface area contributed by atoms with Crippen molar-refractivity contribution in [1.82, 2.24) is 24.6 Å². The Morgan fingerprint density at radius 1 is 1.20 bits per heavy atom. The highest BCUT2D eigenvalue weighted by Gasteiger charge is 2.31. The van der Waals surface area contributed by atoms with Gasteiger partial charge in [-0.1, -0.05) is 30.0 Å². The van der Waals surface area contributed by atoms with Gasteiger partial charge in [0.2, 0.25) is 5.91 Å². The van der Waals surface area contributed by atoms with Crippen LogP contribution < -0.4 is 0 Å². The summed E-state index contributed by atoms with van der Waals surface area (Å²) in [6.07, 6.45) is 6.61. The number of rotatable bonds is 9. The van der Waals surface area contributed by atoms with Crippen LogP contribution in [0.4, 0.5) is 4.39 Å². The number of carbonyl (C=O) groups excluding carboxylic acids is 1. The molecule has 186 valence electrons. The highest BCUT2D eigenvalue weighted by molar-refractivity contribution is 7.99. The zero-order chi connectivity index (χ0) is 24.8. The van der Waals surface area contributed by atoms with Crippen molar-refractivity contribution < 1.29 is 9.18 Å². The molecule has 8 heteroatoms. The van der Waals surface area contributed by atoms with Gasteiger partial charge in [-0.15, -0.1) is 0 Å². The number of halogens is 1. The zero-order valence-electron chi connectivity index (χ0n) is 20.7. The van der Waals surface area contributed by atoms with Crippen LogP contribution in [0.1, 0.15) is 29.7 Å². The summed E-state index contributed by atoms with van der Waals surface area (Å²) in [7, 11) is 4.12. The van der Waals surface area contributed by atoms with Gasteiger partial charge >= 0.3 is 0 Å². The highest BCUT2D eigenvalue weighted by Crippen LogP contribution is 2.28. The lowest BCUT2D eigenvalue weighted by atomic mass is 9.84. The summed E-state index contributed by atoms with van der Waals surface area (Å²) in [4.78, 5) is 21.5. The quantitative estimate of drug-likeness (QED) is 0.414. The molecule has 1 aromatic carbocycles. The number of benzene rings is 1. The molecule has 0 spiro atoms. The molecule has 2 aromatic heterocycles. The van der Waals surface area contributed by atoms with Gasteiger partial charge < -0.3 is 4.90 Å². The van der Waals surface area contributed by atoms with Gasteiger partial charge in [-0.25, -0.2) is 9.37 Å². The number of amides is 1. The Kier molecular flexibility index (Phi) is 8.57. The number of aryl methyl sites for hydroxylation is 2. The second-order valence-electron chi connectivity index (χ2n) is 9.40. The molecule has 0 aliphatic carbocycles. The summed E-state index contributed by atoms with van der Waals surface area (Å²) >= 11 is 1.49. The van der Waals surface area contributed by atoms with E-state index in [1.54, 1.807) is 6.20 Å². The predicted molar refractivity (Wildman–Crippen MR) is 138 cm³/mol. The first-order valence-corrected chi connectivity index (χ1v) is 13.1. The van der Waals surface area contributed by atoms with Gasteiger partial charge in [0.25, 0.3) is 0 Å². The standard InChI is InChI=1S/C27H34FN5OS/c1-20-23(18-32(3)30-20)17-31(2)25(16-21-7-9-24(28)10-8-21)22-11-14-33(15-12-22)27(34)19-35-26-6-4-5-13-29-26/h4-10,13,18,22,25H,11-12,14-17,19H2,1-3H3. The Morgan fingerprint density at radius 3 is 2.57 bits per heavy atom. The lowest BCUT2D eigenvalue weighted by Gasteiger charge is -2.40. The fraction of sp³-hybridized carbons (Fsp3) is 0.444. The minimum Gasteiger partial charge on any atom is -0.342 e. The summed E-state index contributed by atoms with van der Waals surface area (Å²) in [5.41, 5.74) is 3.40. The molecule has 0 N–H and O–H groups in total. The number of pyridine rings is 1. The molecule has 3 heterocycles. The van der Waals surface area contributed by atoms with Crippen LogP contribution in [0, 0.1) is 18.7 Å². The smallest absolute Gasteiger partial charge is 0.232 e. The zero-order valence-corrected chi connectivity index (χ0v) is 21.5. The molecule has 1 fully saturated rings. The average Bonchev–Trinajstić information content (AvgIpc) is 3.19. The number of likely N-dealkylation sites (tertiary alicyclic amines) is 1.